The van der Waals surface area contributed by atoms with E-state index < -0.39 is 11.9 Å². The first-order chi connectivity index (χ1) is 11.3. The molecule has 0 radical (unpaired) electrons. The van der Waals surface area contributed by atoms with Crippen LogP contribution in [0.3, 0.4) is 0 Å². The van der Waals surface area contributed by atoms with Crippen molar-refractivity contribution in [2.45, 2.75) is 52.4 Å². The lowest BCUT2D eigenvalue weighted by Crippen LogP contribution is -2.16. The number of rotatable bonds is 10. The molecule has 0 aromatic heterocycles. The van der Waals surface area contributed by atoms with Crippen molar-refractivity contribution in [3.8, 4) is 0 Å². The van der Waals surface area contributed by atoms with Crippen LogP contribution in [-0.2, 0) is 12.8 Å². The zero-order chi connectivity index (χ0) is 18.3. The summed E-state index contributed by atoms with van der Waals surface area (Å²) in [6.07, 6.45) is 4.92. The topological polar surface area (TPSA) is 74.6 Å². The molecule has 0 amide bonds. The van der Waals surface area contributed by atoms with E-state index in [2.05, 4.69) is 20.4 Å². The van der Waals surface area contributed by atoms with Crippen LogP contribution in [0.15, 0.2) is 23.7 Å². The van der Waals surface area contributed by atoms with Crippen LogP contribution >= 0.6 is 11.6 Å². The van der Waals surface area contributed by atoms with Crippen LogP contribution in [0.25, 0.3) is 0 Å². The Kier molecular flexibility index (Phi) is 7.99. The van der Waals surface area contributed by atoms with Crippen LogP contribution in [0, 0.1) is 5.92 Å². The average molecular weight is 353 g/mol. The summed E-state index contributed by atoms with van der Waals surface area (Å²) in [7, 11) is 0. The predicted molar refractivity (Wildman–Crippen MR) is 96.1 cm³/mol. The molecular weight excluding hydrogens is 328 g/mol. The number of carboxylic acids is 2. The maximum Gasteiger partial charge on any atom is 0.336 e. The van der Waals surface area contributed by atoms with Gasteiger partial charge in [-0.05, 0) is 29.5 Å². The number of aromatic carboxylic acids is 2. The largest absolute Gasteiger partial charge is 0.478 e. The number of carbonyl (C=O) groups is 2. The minimum atomic E-state index is -1.23. The van der Waals surface area contributed by atoms with Gasteiger partial charge in [0.15, 0.2) is 0 Å². The number of carboxylic acid groups (broad SMARTS) is 2. The molecule has 1 atom stereocenters. The predicted octanol–water partition coefficient (Wildman–Crippen LogP) is 5.14. The van der Waals surface area contributed by atoms with Gasteiger partial charge in [-0.3, -0.25) is 0 Å². The van der Waals surface area contributed by atoms with E-state index in [1.807, 2.05) is 0 Å². The van der Waals surface area contributed by atoms with Crippen LogP contribution in [0.2, 0.25) is 0 Å². The zero-order valence-electron chi connectivity index (χ0n) is 14.3. The lowest BCUT2D eigenvalue weighted by molar-refractivity contribution is 0.0650. The van der Waals surface area contributed by atoms with Crippen molar-refractivity contribution in [2.24, 2.45) is 5.92 Å². The summed E-state index contributed by atoms with van der Waals surface area (Å²) in [6.45, 7) is 7.86. The summed E-state index contributed by atoms with van der Waals surface area (Å²) in [5.41, 5.74) is 1.03. The molecular formula is C19H25ClO4. The van der Waals surface area contributed by atoms with Gasteiger partial charge in [0.1, 0.15) is 0 Å². The molecule has 1 aromatic rings. The quantitative estimate of drug-likeness (QED) is 0.611. The molecule has 24 heavy (non-hydrogen) atoms. The molecule has 0 aliphatic carbocycles. The highest BCUT2D eigenvalue weighted by molar-refractivity contribution is 6.29. The molecule has 4 nitrogen and oxygen atoms in total. The highest BCUT2D eigenvalue weighted by Gasteiger charge is 2.24. The minimum Gasteiger partial charge on any atom is -0.478 e. The van der Waals surface area contributed by atoms with Crippen LogP contribution in [-0.4, -0.2) is 22.2 Å². The van der Waals surface area contributed by atoms with E-state index in [1.54, 1.807) is 6.07 Å². The molecule has 1 rings (SSSR count). The minimum absolute atomic E-state index is 0.118. The third kappa shape index (κ3) is 5.38. The first kappa shape index (κ1) is 20.2. The normalized spacial score (nSPS) is 12.0. The first-order valence-corrected chi connectivity index (χ1v) is 8.64. The molecule has 0 fully saturated rings. The summed E-state index contributed by atoms with van der Waals surface area (Å²) in [6, 6.07) is 3.00. The fraction of sp³-hybridized carbons (Fsp3) is 0.474. The van der Waals surface area contributed by atoms with Gasteiger partial charge >= 0.3 is 11.9 Å². The Labute approximate surface area is 148 Å². The van der Waals surface area contributed by atoms with Crippen molar-refractivity contribution >= 4 is 23.5 Å². The number of allylic oxidation sites excluding steroid dienone is 1. The molecule has 1 unspecified atom stereocenters. The summed E-state index contributed by atoms with van der Waals surface area (Å²) in [5, 5.41) is 19.3. The maximum absolute atomic E-state index is 11.8. The van der Waals surface area contributed by atoms with E-state index in [-0.39, 0.29) is 11.1 Å². The molecule has 0 saturated heterocycles. The van der Waals surface area contributed by atoms with Crippen LogP contribution in [0.4, 0.5) is 0 Å². The molecule has 5 heteroatoms. The second kappa shape index (κ2) is 9.48. The van der Waals surface area contributed by atoms with Gasteiger partial charge in [0.2, 0.25) is 0 Å². The molecule has 0 heterocycles. The van der Waals surface area contributed by atoms with Crippen molar-refractivity contribution in [3.63, 3.8) is 0 Å². The van der Waals surface area contributed by atoms with Gasteiger partial charge in [-0.2, -0.15) is 0 Å². The SMILES string of the molecule is C=C(Cl)Cc1ccc(C(=O)O)c(C(=O)O)c1CC(CC)CCCC. The third-order valence-corrected chi connectivity index (χ3v) is 4.41. The Balaban J connectivity index is 3.42. The van der Waals surface area contributed by atoms with Gasteiger partial charge in [0.05, 0.1) is 11.1 Å². The molecule has 0 spiro atoms. The summed E-state index contributed by atoms with van der Waals surface area (Å²) < 4.78 is 0. The van der Waals surface area contributed by atoms with E-state index in [1.165, 1.54) is 6.07 Å². The molecule has 2 N–H and O–H groups in total. The summed E-state index contributed by atoms with van der Waals surface area (Å²) >= 11 is 5.91. The van der Waals surface area contributed by atoms with Crippen molar-refractivity contribution in [2.75, 3.05) is 0 Å². The number of halogens is 1. The zero-order valence-corrected chi connectivity index (χ0v) is 15.0. The Bertz CT molecular complexity index is 622. The number of benzene rings is 1. The van der Waals surface area contributed by atoms with Crippen molar-refractivity contribution in [1.82, 2.24) is 0 Å². The fourth-order valence-electron chi connectivity index (χ4n) is 2.95. The van der Waals surface area contributed by atoms with Crippen LogP contribution < -0.4 is 0 Å². The molecule has 0 bridgehead atoms. The third-order valence-electron chi connectivity index (χ3n) is 4.27. The Hall–Kier alpha value is -1.81. The van der Waals surface area contributed by atoms with Gasteiger partial charge < -0.3 is 10.2 Å². The maximum atomic E-state index is 11.8. The molecule has 0 aliphatic heterocycles. The number of hydrogen-bond donors (Lipinski definition) is 2. The van der Waals surface area contributed by atoms with E-state index >= 15 is 0 Å². The monoisotopic (exact) mass is 352 g/mol. The van der Waals surface area contributed by atoms with Crippen molar-refractivity contribution in [3.05, 3.63) is 46.0 Å². The van der Waals surface area contributed by atoms with E-state index in [0.29, 0.717) is 29.4 Å². The highest BCUT2D eigenvalue weighted by atomic mass is 35.5. The van der Waals surface area contributed by atoms with E-state index in [0.717, 1.165) is 31.2 Å². The first-order valence-electron chi connectivity index (χ1n) is 8.26. The Morgan fingerprint density at radius 1 is 1.21 bits per heavy atom. The Morgan fingerprint density at radius 2 is 1.88 bits per heavy atom. The van der Waals surface area contributed by atoms with Gasteiger partial charge in [0.25, 0.3) is 0 Å². The van der Waals surface area contributed by atoms with Gasteiger partial charge in [0, 0.05) is 11.5 Å². The molecule has 0 aliphatic rings. The lowest BCUT2D eigenvalue weighted by atomic mass is 9.85. The van der Waals surface area contributed by atoms with E-state index in [9.17, 15) is 19.8 Å². The number of unbranched alkanes of at least 4 members (excludes halogenated alkanes) is 1. The number of hydrogen-bond acceptors (Lipinski definition) is 2. The van der Waals surface area contributed by atoms with Gasteiger partial charge in [-0.25, -0.2) is 9.59 Å². The average Bonchev–Trinajstić information content (AvgIpc) is 2.51. The standard InChI is InChI=1S/C19H25ClO4/c1-4-6-7-13(5-2)11-16-14(10-12(3)20)8-9-15(18(21)22)17(16)19(23)24/h8-9,13H,3-7,10-11H2,1-2H3,(H,21,22)(H,23,24). The Morgan fingerprint density at radius 3 is 2.33 bits per heavy atom. The van der Waals surface area contributed by atoms with Gasteiger partial charge in [-0.1, -0.05) is 63.8 Å². The molecule has 1 aromatic carbocycles. The fourth-order valence-corrected chi connectivity index (χ4v) is 3.09. The molecule has 0 saturated carbocycles. The highest BCUT2D eigenvalue weighted by Crippen LogP contribution is 2.28. The summed E-state index contributed by atoms with van der Waals surface area (Å²) in [5.74, 6) is -2.13. The smallest absolute Gasteiger partial charge is 0.336 e. The lowest BCUT2D eigenvalue weighted by Gasteiger charge is -2.20. The summed E-state index contributed by atoms with van der Waals surface area (Å²) in [4.78, 5) is 23.2. The van der Waals surface area contributed by atoms with Gasteiger partial charge in [-0.15, -0.1) is 0 Å². The second-order valence-electron chi connectivity index (χ2n) is 6.05. The van der Waals surface area contributed by atoms with Crippen LogP contribution in [0.1, 0.15) is 71.4 Å². The van der Waals surface area contributed by atoms with Crippen molar-refractivity contribution in [1.29, 1.82) is 0 Å². The second-order valence-corrected chi connectivity index (χ2v) is 6.59. The molecule has 132 valence electrons. The van der Waals surface area contributed by atoms with E-state index in [4.69, 9.17) is 11.6 Å². The van der Waals surface area contributed by atoms with Crippen LogP contribution in [0.5, 0.6) is 0 Å². The van der Waals surface area contributed by atoms with Crippen molar-refractivity contribution < 1.29 is 19.8 Å².